The van der Waals surface area contributed by atoms with E-state index in [0.29, 0.717) is 11.7 Å². The minimum Gasteiger partial charge on any atom is -0.376 e. The average molecular weight is 266 g/mol. The Labute approximate surface area is 117 Å². The van der Waals surface area contributed by atoms with E-state index in [1.807, 2.05) is 0 Å². The second kappa shape index (κ2) is 4.86. The standard InChI is InChI=1S/C16H14N2S/c17-16(19)18-10-15-13-7-3-1-5-11(13)9-12-6-2-4-8-14(12)15/h1-9H,10H2,(H3,17,18,19). The van der Waals surface area contributed by atoms with Gasteiger partial charge in [0, 0.05) is 6.54 Å². The molecule has 3 rings (SSSR count). The molecule has 0 unspecified atom stereocenters. The van der Waals surface area contributed by atoms with Crippen LogP contribution >= 0.6 is 12.2 Å². The van der Waals surface area contributed by atoms with E-state index in [0.717, 1.165) is 0 Å². The van der Waals surface area contributed by atoms with Gasteiger partial charge in [-0.2, -0.15) is 0 Å². The Balaban J connectivity index is 2.29. The quantitative estimate of drug-likeness (QED) is 0.552. The van der Waals surface area contributed by atoms with Gasteiger partial charge in [-0.05, 0) is 45.4 Å². The van der Waals surface area contributed by atoms with Gasteiger partial charge in [-0.3, -0.25) is 0 Å². The Kier molecular flexibility index (Phi) is 3.05. The molecule has 0 aliphatic rings. The fraction of sp³-hybridized carbons (Fsp3) is 0.0625. The topological polar surface area (TPSA) is 38.0 Å². The van der Waals surface area contributed by atoms with Gasteiger partial charge < -0.3 is 11.1 Å². The summed E-state index contributed by atoms with van der Waals surface area (Å²) in [5.74, 6) is 0. The monoisotopic (exact) mass is 266 g/mol. The van der Waals surface area contributed by atoms with Crippen molar-refractivity contribution >= 4 is 38.9 Å². The van der Waals surface area contributed by atoms with E-state index in [1.54, 1.807) is 0 Å². The van der Waals surface area contributed by atoms with Crippen LogP contribution in [0.3, 0.4) is 0 Å². The second-order valence-corrected chi connectivity index (χ2v) is 4.96. The highest BCUT2D eigenvalue weighted by atomic mass is 32.1. The van der Waals surface area contributed by atoms with Crippen LogP contribution in [0.15, 0.2) is 54.6 Å². The Morgan fingerprint density at radius 2 is 1.47 bits per heavy atom. The highest BCUT2D eigenvalue weighted by molar-refractivity contribution is 7.80. The van der Waals surface area contributed by atoms with Crippen LogP contribution in [0.2, 0.25) is 0 Å². The summed E-state index contributed by atoms with van der Waals surface area (Å²) in [6, 6.07) is 19.0. The van der Waals surface area contributed by atoms with Crippen LogP contribution in [0.5, 0.6) is 0 Å². The minimum absolute atomic E-state index is 0.331. The molecule has 0 aliphatic carbocycles. The summed E-state index contributed by atoms with van der Waals surface area (Å²) in [5.41, 5.74) is 6.79. The molecule has 0 aliphatic heterocycles. The van der Waals surface area contributed by atoms with Gasteiger partial charge in [0.2, 0.25) is 0 Å². The number of rotatable bonds is 2. The normalized spacial score (nSPS) is 10.7. The van der Waals surface area contributed by atoms with Crippen molar-refractivity contribution in [1.82, 2.24) is 5.32 Å². The van der Waals surface area contributed by atoms with Gasteiger partial charge in [0.25, 0.3) is 0 Å². The number of nitrogens with two attached hydrogens (primary N) is 1. The predicted octanol–water partition coefficient (Wildman–Crippen LogP) is 3.33. The van der Waals surface area contributed by atoms with Gasteiger partial charge in [-0.15, -0.1) is 0 Å². The number of fused-ring (bicyclic) bond motifs is 2. The van der Waals surface area contributed by atoms with Crippen molar-refractivity contribution in [1.29, 1.82) is 0 Å². The lowest BCUT2D eigenvalue weighted by Gasteiger charge is -2.12. The lowest BCUT2D eigenvalue weighted by molar-refractivity contribution is 0.936. The van der Waals surface area contributed by atoms with Crippen LogP contribution in [0.1, 0.15) is 5.56 Å². The largest absolute Gasteiger partial charge is 0.376 e. The molecule has 0 atom stereocenters. The van der Waals surface area contributed by atoms with Gasteiger partial charge >= 0.3 is 0 Å². The van der Waals surface area contributed by atoms with Crippen molar-refractivity contribution in [3.05, 3.63) is 60.2 Å². The molecule has 3 aromatic carbocycles. The Morgan fingerprint density at radius 3 is 2.00 bits per heavy atom. The lowest BCUT2D eigenvalue weighted by Crippen LogP contribution is -2.28. The third kappa shape index (κ3) is 2.25. The Bertz CT molecular complexity index is 711. The minimum atomic E-state index is 0.331. The molecule has 0 saturated heterocycles. The summed E-state index contributed by atoms with van der Waals surface area (Å²) in [5, 5.41) is 8.34. The molecule has 3 heteroatoms. The molecule has 0 aromatic heterocycles. The van der Waals surface area contributed by atoms with Crippen molar-refractivity contribution in [2.75, 3.05) is 0 Å². The van der Waals surface area contributed by atoms with E-state index in [1.165, 1.54) is 27.1 Å². The zero-order valence-corrected chi connectivity index (χ0v) is 11.2. The van der Waals surface area contributed by atoms with E-state index in [-0.39, 0.29) is 0 Å². The first-order valence-corrected chi connectivity index (χ1v) is 6.59. The molecule has 0 bridgehead atoms. The molecule has 0 radical (unpaired) electrons. The average Bonchev–Trinajstić information content (AvgIpc) is 2.43. The molecule has 3 N–H and O–H groups in total. The second-order valence-electron chi connectivity index (χ2n) is 4.52. The first-order chi connectivity index (χ1) is 9.25. The van der Waals surface area contributed by atoms with Gasteiger partial charge in [0.05, 0.1) is 0 Å². The Morgan fingerprint density at radius 1 is 0.947 bits per heavy atom. The summed E-state index contributed by atoms with van der Waals surface area (Å²) in [4.78, 5) is 0. The number of benzene rings is 3. The van der Waals surface area contributed by atoms with Crippen molar-refractivity contribution in [3.8, 4) is 0 Å². The molecule has 0 spiro atoms. The van der Waals surface area contributed by atoms with Crippen LogP contribution in [0.4, 0.5) is 0 Å². The van der Waals surface area contributed by atoms with Crippen LogP contribution in [-0.4, -0.2) is 5.11 Å². The van der Waals surface area contributed by atoms with Gasteiger partial charge in [-0.1, -0.05) is 48.5 Å². The Hall–Kier alpha value is -2.13. The maximum Gasteiger partial charge on any atom is 0.163 e. The van der Waals surface area contributed by atoms with Crippen molar-refractivity contribution < 1.29 is 0 Å². The van der Waals surface area contributed by atoms with E-state index < -0.39 is 0 Å². The van der Waals surface area contributed by atoms with Crippen LogP contribution in [0.25, 0.3) is 21.5 Å². The fourth-order valence-corrected chi connectivity index (χ4v) is 2.55. The molecule has 3 aromatic rings. The van der Waals surface area contributed by atoms with Crippen molar-refractivity contribution in [2.24, 2.45) is 5.73 Å². The smallest absolute Gasteiger partial charge is 0.163 e. The van der Waals surface area contributed by atoms with E-state index in [4.69, 9.17) is 18.0 Å². The van der Waals surface area contributed by atoms with Crippen LogP contribution < -0.4 is 11.1 Å². The number of hydrogen-bond donors (Lipinski definition) is 2. The highest BCUT2D eigenvalue weighted by Gasteiger charge is 2.06. The molecular formula is C16H14N2S. The number of hydrogen-bond acceptors (Lipinski definition) is 1. The molecule has 0 fully saturated rings. The molecule has 0 saturated carbocycles. The number of nitrogens with one attached hydrogen (secondary N) is 1. The van der Waals surface area contributed by atoms with E-state index in [9.17, 15) is 0 Å². The summed E-state index contributed by atoms with van der Waals surface area (Å²) in [6.07, 6.45) is 0. The third-order valence-corrected chi connectivity index (χ3v) is 3.47. The zero-order chi connectivity index (χ0) is 13.2. The molecule has 19 heavy (non-hydrogen) atoms. The van der Waals surface area contributed by atoms with Crippen LogP contribution in [0, 0.1) is 0 Å². The first kappa shape index (κ1) is 11.9. The lowest BCUT2D eigenvalue weighted by atomic mass is 9.97. The van der Waals surface area contributed by atoms with Gasteiger partial charge in [0.1, 0.15) is 0 Å². The third-order valence-electron chi connectivity index (χ3n) is 3.32. The predicted molar refractivity (Wildman–Crippen MR) is 85.1 cm³/mol. The van der Waals surface area contributed by atoms with Crippen LogP contribution in [-0.2, 0) is 6.54 Å². The fourth-order valence-electron chi connectivity index (χ4n) is 2.47. The molecule has 0 heterocycles. The molecule has 2 nitrogen and oxygen atoms in total. The van der Waals surface area contributed by atoms with E-state index >= 15 is 0 Å². The SMILES string of the molecule is NC(=S)NCc1c2ccccc2cc2ccccc12. The van der Waals surface area contributed by atoms with Crippen molar-refractivity contribution in [2.45, 2.75) is 6.54 Å². The molecule has 94 valence electrons. The maximum atomic E-state index is 5.55. The first-order valence-electron chi connectivity index (χ1n) is 6.18. The van der Waals surface area contributed by atoms with Gasteiger partial charge in [0.15, 0.2) is 5.11 Å². The summed E-state index contributed by atoms with van der Waals surface area (Å²) < 4.78 is 0. The van der Waals surface area contributed by atoms with Crippen molar-refractivity contribution in [3.63, 3.8) is 0 Å². The zero-order valence-electron chi connectivity index (χ0n) is 10.4. The van der Waals surface area contributed by atoms with Gasteiger partial charge in [-0.25, -0.2) is 0 Å². The maximum absolute atomic E-state index is 5.55. The molecular weight excluding hydrogens is 252 g/mol. The summed E-state index contributed by atoms with van der Waals surface area (Å²) >= 11 is 4.91. The van der Waals surface area contributed by atoms with E-state index in [2.05, 4.69) is 59.9 Å². The summed E-state index contributed by atoms with van der Waals surface area (Å²) in [7, 11) is 0. The highest BCUT2D eigenvalue weighted by Crippen LogP contribution is 2.28. The summed E-state index contributed by atoms with van der Waals surface area (Å²) in [6.45, 7) is 0.650. The number of thiocarbonyl (C=S) groups is 1. The molecule has 0 amide bonds.